The molecule has 3 aromatic carbocycles. The number of carbonyl (C=O) groups excluding carboxylic acids is 1. The Hall–Kier alpha value is -3.84. The van der Waals surface area contributed by atoms with E-state index in [9.17, 15) is 9.59 Å². The molecule has 0 saturated carbocycles. The van der Waals surface area contributed by atoms with E-state index in [0.29, 0.717) is 39.7 Å². The zero-order chi connectivity index (χ0) is 22.7. The van der Waals surface area contributed by atoms with Crippen molar-refractivity contribution in [2.75, 3.05) is 17.7 Å². The lowest BCUT2D eigenvalue weighted by molar-refractivity contribution is 0.262. The third kappa shape index (κ3) is 4.58. The Morgan fingerprint density at radius 2 is 1.88 bits per heavy atom. The average molecular weight is 449 g/mol. The van der Waals surface area contributed by atoms with Crippen LogP contribution < -0.4 is 20.9 Å². The lowest BCUT2D eigenvalue weighted by atomic mass is 10.2. The van der Waals surface area contributed by atoms with Crippen molar-refractivity contribution in [1.82, 2.24) is 9.55 Å². The number of urea groups is 1. The minimum Gasteiger partial charge on any atom is -0.497 e. The molecule has 0 aliphatic rings. The van der Waals surface area contributed by atoms with E-state index < -0.39 is 6.03 Å². The summed E-state index contributed by atoms with van der Waals surface area (Å²) in [6, 6.07) is 19.0. The zero-order valence-corrected chi connectivity index (χ0v) is 18.3. The van der Waals surface area contributed by atoms with Gasteiger partial charge < -0.3 is 15.4 Å². The van der Waals surface area contributed by atoms with E-state index in [1.165, 1.54) is 0 Å². The van der Waals surface area contributed by atoms with Crippen molar-refractivity contribution >= 4 is 39.9 Å². The first-order valence-electron chi connectivity index (χ1n) is 9.91. The van der Waals surface area contributed by atoms with E-state index in [1.807, 2.05) is 24.3 Å². The number of halogens is 1. The van der Waals surface area contributed by atoms with E-state index in [0.717, 1.165) is 11.3 Å². The largest absolute Gasteiger partial charge is 0.497 e. The van der Waals surface area contributed by atoms with Crippen LogP contribution in [0.1, 0.15) is 11.4 Å². The fourth-order valence-corrected chi connectivity index (χ4v) is 3.58. The third-order valence-electron chi connectivity index (χ3n) is 5.00. The molecule has 32 heavy (non-hydrogen) atoms. The van der Waals surface area contributed by atoms with E-state index >= 15 is 0 Å². The molecule has 162 valence electrons. The van der Waals surface area contributed by atoms with Gasteiger partial charge in [-0.15, -0.1) is 0 Å². The van der Waals surface area contributed by atoms with Gasteiger partial charge in [-0.05, 0) is 55.0 Å². The first kappa shape index (κ1) is 21.4. The SMILES string of the molecule is COc1cccc(Cn2c(C)nc3ccc(NC(=O)Nc4ccccc4Cl)cc3c2=O)c1. The number of hydrogen-bond donors (Lipinski definition) is 2. The molecule has 7 nitrogen and oxygen atoms in total. The highest BCUT2D eigenvalue weighted by molar-refractivity contribution is 6.33. The molecule has 0 radical (unpaired) electrons. The topological polar surface area (TPSA) is 85.2 Å². The highest BCUT2D eigenvalue weighted by Gasteiger charge is 2.12. The molecule has 0 bridgehead atoms. The number of para-hydroxylation sites is 1. The standard InChI is InChI=1S/C24H21ClN4O3/c1-15-26-21-11-10-17(27-24(31)28-22-9-4-3-8-20(22)25)13-19(21)23(30)29(15)14-16-6-5-7-18(12-16)32-2/h3-13H,14H2,1-2H3,(H2,27,28,31). The second-order valence-corrected chi connectivity index (χ2v) is 7.60. The molecular weight excluding hydrogens is 428 g/mol. The first-order valence-corrected chi connectivity index (χ1v) is 10.3. The molecular formula is C24H21ClN4O3. The number of carbonyl (C=O) groups is 1. The lowest BCUT2D eigenvalue weighted by Crippen LogP contribution is -2.25. The third-order valence-corrected chi connectivity index (χ3v) is 5.33. The van der Waals surface area contributed by atoms with Crippen molar-refractivity contribution in [3.05, 3.63) is 93.5 Å². The van der Waals surface area contributed by atoms with Crippen LogP contribution in [0.25, 0.3) is 10.9 Å². The fourth-order valence-electron chi connectivity index (χ4n) is 3.40. The number of aryl methyl sites for hydroxylation is 1. The van der Waals surface area contributed by atoms with Crippen LogP contribution in [0.3, 0.4) is 0 Å². The molecule has 0 aliphatic carbocycles. The Balaban J connectivity index is 1.62. The highest BCUT2D eigenvalue weighted by atomic mass is 35.5. The van der Waals surface area contributed by atoms with Crippen LogP contribution in [0.4, 0.5) is 16.2 Å². The van der Waals surface area contributed by atoms with Crippen LogP contribution in [-0.2, 0) is 6.54 Å². The molecule has 0 spiro atoms. The van der Waals surface area contributed by atoms with Crippen molar-refractivity contribution in [2.24, 2.45) is 0 Å². The summed E-state index contributed by atoms with van der Waals surface area (Å²) in [7, 11) is 1.60. The quantitative estimate of drug-likeness (QED) is 0.447. The van der Waals surface area contributed by atoms with Crippen LogP contribution in [-0.4, -0.2) is 22.7 Å². The van der Waals surface area contributed by atoms with Crippen LogP contribution in [0.2, 0.25) is 5.02 Å². The smallest absolute Gasteiger partial charge is 0.323 e. The molecule has 4 rings (SSSR count). The minimum absolute atomic E-state index is 0.189. The number of fused-ring (bicyclic) bond motifs is 1. The number of amides is 2. The van der Waals surface area contributed by atoms with Crippen molar-refractivity contribution in [1.29, 1.82) is 0 Å². The number of methoxy groups -OCH3 is 1. The predicted octanol–water partition coefficient (Wildman–Crippen LogP) is 5.06. The zero-order valence-electron chi connectivity index (χ0n) is 17.6. The number of ether oxygens (including phenoxy) is 1. The van der Waals surface area contributed by atoms with E-state index in [4.69, 9.17) is 16.3 Å². The maximum Gasteiger partial charge on any atom is 0.323 e. The molecule has 0 aliphatic heterocycles. The van der Waals surface area contributed by atoms with Crippen LogP contribution in [0, 0.1) is 6.92 Å². The van der Waals surface area contributed by atoms with Crippen LogP contribution >= 0.6 is 11.6 Å². The van der Waals surface area contributed by atoms with Gasteiger partial charge in [0, 0.05) is 5.69 Å². The number of nitrogens with zero attached hydrogens (tertiary/aromatic N) is 2. The Kier molecular flexibility index (Phi) is 6.09. The summed E-state index contributed by atoms with van der Waals surface area (Å²) in [5, 5.41) is 6.27. The van der Waals surface area contributed by atoms with Gasteiger partial charge in [0.25, 0.3) is 5.56 Å². The summed E-state index contributed by atoms with van der Waals surface area (Å²) in [5.74, 6) is 1.32. The summed E-state index contributed by atoms with van der Waals surface area (Å²) in [6.07, 6.45) is 0. The molecule has 2 amide bonds. The monoisotopic (exact) mass is 448 g/mol. The van der Waals surface area contributed by atoms with Crippen molar-refractivity contribution in [3.63, 3.8) is 0 Å². The maximum atomic E-state index is 13.2. The summed E-state index contributed by atoms with van der Waals surface area (Å²) < 4.78 is 6.87. The Labute approximate surface area is 189 Å². The molecule has 0 saturated heterocycles. The molecule has 2 N–H and O–H groups in total. The van der Waals surface area contributed by atoms with Gasteiger partial charge in [-0.2, -0.15) is 0 Å². The maximum absolute atomic E-state index is 13.2. The second-order valence-electron chi connectivity index (χ2n) is 7.19. The Morgan fingerprint density at radius 3 is 2.66 bits per heavy atom. The van der Waals surface area contributed by atoms with Crippen molar-refractivity contribution < 1.29 is 9.53 Å². The molecule has 1 heterocycles. The summed E-state index contributed by atoms with van der Waals surface area (Å²) in [6.45, 7) is 2.15. The number of anilines is 2. The number of nitrogens with one attached hydrogen (secondary N) is 2. The molecule has 1 aromatic heterocycles. The number of hydrogen-bond acceptors (Lipinski definition) is 4. The van der Waals surface area contributed by atoms with Gasteiger partial charge in [0.1, 0.15) is 11.6 Å². The van der Waals surface area contributed by atoms with Gasteiger partial charge in [-0.3, -0.25) is 9.36 Å². The summed E-state index contributed by atoms with van der Waals surface area (Å²) in [4.78, 5) is 30.2. The van der Waals surface area contributed by atoms with Crippen LogP contribution in [0.5, 0.6) is 5.75 Å². The lowest BCUT2D eigenvalue weighted by Gasteiger charge is -2.13. The number of benzene rings is 3. The summed E-state index contributed by atoms with van der Waals surface area (Å²) >= 11 is 6.09. The van der Waals surface area contributed by atoms with E-state index in [2.05, 4.69) is 15.6 Å². The summed E-state index contributed by atoms with van der Waals surface area (Å²) in [5.41, 5.74) is 2.25. The van der Waals surface area contributed by atoms with Gasteiger partial charge in [-0.25, -0.2) is 9.78 Å². The van der Waals surface area contributed by atoms with E-state index in [1.54, 1.807) is 61.1 Å². The number of aromatic nitrogens is 2. The highest BCUT2D eigenvalue weighted by Crippen LogP contribution is 2.21. The molecule has 0 unspecified atom stereocenters. The Bertz CT molecular complexity index is 1370. The van der Waals surface area contributed by atoms with Gasteiger partial charge >= 0.3 is 6.03 Å². The van der Waals surface area contributed by atoms with E-state index in [-0.39, 0.29) is 5.56 Å². The van der Waals surface area contributed by atoms with Gasteiger partial charge in [0.05, 0.1) is 35.3 Å². The average Bonchev–Trinajstić information content (AvgIpc) is 2.79. The van der Waals surface area contributed by atoms with Gasteiger partial charge in [0.15, 0.2) is 0 Å². The second kappa shape index (κ2) is 9.11. The minimum atomic E-state index is -0.464. The molecule has 8 heteroatoms. The first-order chi connectivity index (χ1) is 15.4. The fraction of sp³-hybridized carbons (Fsp3) is 0.125. The van der Waals surface area contributed by atoms with Gasteiger partial charge in [0.2, 0.25) is 0 Å². The molecule has 0 fully saturated rings. The van der Waals surface area contributed by atoms with Gasteiger partial charge in [-0.1, -0.05) is 35.9 Å². The van der Waals surface area contributed by atoms with Crippen molar-refractivity contribution in [3.8, 4) is 5.75 Å². The van der Waals surface area contributed by atoms with Crippen LogP contribution in [0.15, 0.2) is 71.5 Å². The molecule has 4 aromatic rings. The van der Waals surface area contributed by atoms with Crippen molar-refractivity contribution in [2.45, 2.75) is 13.5 Å². The predicted molar refractivity (Wildman–Crippen MR) is 127 cm³/mol. The Morgan fingerprint density at radius 1 is 1.06 bits per heavy atom. The number of rotatable bonds is 5. The normalized spacial score (nSPS) is 10.7. The molecule has 0 atom stereocenters.